The highest BCUT2D eigenvalue weighted by atomic mass is 35.5. The summed E-state index contributed by atoms with van der Waals surface area (Å²) in [5.41, 5.74) is 5.56. The molecule has 0 N–H and O–H groups in total. The zero-order valence-electron chi connectivity index (χ0n) is 28.4. The Balaban J connectivity index is 0.00000840. The highest BCUT2D eigenvalue weighted by Gasteiger charge is 2.17. The molecule has 0 amide bonds. The lowest BCUT2D eigenvalue weighted by atomic mass is 10.0. The number of halogens is 2. The maximum absolute atomic E-state index is 2.39. The van der Waals surface area contributed by atoms with E-state index in [1.54, 1.807) is 0 Å². The maximum Gasteiger partial charge on any atom is 0.104 e. The van der Waals surface area contributed by atoms with Crippen LogP contribution in [0.3, 0.4) is 0 Å². The Morgan fingerprint density at radius 3 is 0.929 bits per heavy atom. The van der Waals surface area contributed by atoms with Crippen LogP contribution >= 0.6 is 0 Å². The summed E-state index contributed by atoms with van der Waals surface area (Å²) in [6.45, 7) is 9.36. The van der Waals surface area contributed by atoms with Gasteiger partial charge >= 0.3 is 0 Å². The van der Waals surface area contributed by atoms with Gasteiger partial charge in [0.2, 0.25) is 0 Å². The van der Waals surface area contributed by atoms with E-state index in [1.165, 1.54) is 138 Å². The van der Waals surface area contributed by atoms with Crippen molar-refractivity contribution in [2.75, 3.05) is 41.3 Å². The second kappa shape index (κ2) is 23.3. The summed E-state index contributed by atoms with van der Waals surface area (Å²) in [4.78, 5) is 0. The summed E-state index contributed by atoms with van der Waals surface area (Å²) in [6, 6.07) is 18.7. The molecule has 0 radical (unpaired) electrons. The first kappa shape index (κ1) is 40.9. The normalized spacial score (nSPS) is 11.7. The lowest BCUT2D eigenvalue weighted by Gasteiger charge is -2.30. The molecule has 2 nitrogen and oxygen atoms in total. The molecule has 0 aromatic heterocycles. The predicted molar refractivity (Wildman–Crippen MR) is 178 cm³/mol. The van der Waals surface area contributed by atoms with E-state index in [0.717, 1.165) is 22.1 Å². The number of hydrogen-bond acceptors (Lipinski definition) is 0. The van der Waals surface area contributed by atoms with Crippen molar-refractivity contribution in [3.05, 3.63) is 59.7 Å². The minimum atomic E-state index is 0. The lowest BCUT2D eigenvalue weighted by Crippen LogP contribution is -3.00. The SMILES string of the molecule is CCCCCCCCCC[N+](C)(C)Cc1ccc(-c2ccc(C[N+](C)(C)CCCCCCCCCC)cc2)cc1.[Cl-].[Cl-]. The summed E-state index contributed by atoms with van der Waals surface area (Å²) in [7, 11) is 9.57. The summed E-state index contributed by atoms with van der Waals surface area (Å²) in [5, 5.41) is 0. The molecule has 2 aromatic rings. The Bertz CT molecular complexity index is 815. The van der Waals surface area contributed by atoms with Gasteiger partial charge in [-0.2, -0.15) is 0 Å². The van der Waals surface area contributed by atoms with Gasteiger partial charge in [0, 0.05) is 11.1 Å². The van der Waals surface area contributed by atoms with Gasteiger partial charge in [-0.3, -0.25) is 0 Å². The quantitative estimate of drug-likeness (QED) is 0.124. The highest BCUT2D eigenvalue weighted by molar-refractivity contribution is 5.63. The van der Waals surface area contributed by atoms with Crippen LogP contribution in [-0.2, 0) is 13.1 Å². The average molecular weight is 622 g/mol. The smallest absolute Gasteiger partial charge is 0.104 e. The molecule has 0 aliphatic heterocycles. The average Bonchev–Trinajstić information content (AvgIpc) is 2.92. The molecule has 2 aromatic carbocycles. The van der Waals surface area contributed by atoms with Gasteiger partial charge in [0.05, 0.1) is 41.3 Å². The van der Waals surface area contributed by atoms with Gasteiger partial charge in [-0.05, 0) is 36.8 Å². The molecular weight excluding hydrogens is 555 g/mol. The third-order valence-electron chi connectivity index (χ3n) is 8.70. The zero-order chi connectivity index (χ0) is 29.1. The van der Waals surface area contributed by atoms with Crippen LogP contribution in [-0.4, -0.2) is 50.2 Å². The molecule has 0 bridgehead atoms. The molecule has 0 unspecified atom stereocenters. The van der Waals surface area contributed by atoms with Crippen LogP contribution in [0.2, 0.25) is 0 Å². The van der Waals surface area contributed by atoms with Gasteiger partial charge in [0.1, 0.15) is 13.1 Å². The van der Waals surface area contributed by atoms with Crippen LogP contribution in [0.1, 0.15) is 128 Å². The van der Waals surface area contributed by atoms with Crippen LogP contribution in [0.5, 0.6) is 0 Å². The van der Waals surface area contributed by atoms with Crippen molar-refractivity contribution in [3.8, 4) is 11.1 Å². The van der Waals surface area contributed by atoms with Crippen LogP contribution in [0.15, 0.2) is 48.5 Å². The molecule has 2 rings (SSSR count). The van der Waals surface area contributed by atoms with E-state index in [-0.39, 0.29) is 24.8 Å². The monoisotopic (exact) mass is 620 g/mol. The molecule has 0 atom stereocenters. The van der Waals surface area contributed by atoms with Gasteiger partial charge in [-0.15, -0.1) is 0 Å². The Kier molecular flexibility index (Phi) is 22.7. The number of rotatable bonds is 23. The molecule has 0 aliphatic rings. The summed E-state index contributed by atoms with van der Waals surface area (Å²) in [5.74, 6) is 0. The van der Waals surface area contributed by atoms with Crippen molar-refractivity contribution >= 4 is 0 Å². The molecule has 0 aliphatic carbocycles. The first-order valence-corrected chi connectivity index (χ1v) is 17.1. The van der Waals surface area contributed by atoms with Crippen LogP contribution in [0.4, 0.5) is 0 Å². The standard InChI is InChI=1S/C38H66N2.2ClH/c1-7-9-11-13-15-17-19-21-31-39(3,4)33-35-23-27-37(28-24-35)38-29-25-36(26-30-38)34-40(5,6)32-22-20-18-16-14-12-10-8-2;;/h23-30H,7-22,31-34H2,1-6H3;2*1H/q+2;;/p-2. The lowest BCUT2D eigenvalue weighted by molar-refractivity contribution is -0.903. The molecule has 0 fully saturated rings. The first-order chi connectivity index (χ1) is 19.2. The van der Waals surface area contributed by atoms with E-state index in [0.29, 0.717) is 0 Å². The Hall–Kier alpha value is -1.06. The number of unbranched alkanes of at least 4 members (excludes halogenated alkanes) is 14. The Morgan fingerprint density at radius 1 is 0.381 bits per heavy atom. The third-order valence-corrected chi connectivity index (χ3v) is 8.70. The Morgan fingerprint density at radius 2 is 0.643 bits per heavy atom. The van der Waals surface area contributed by atoms with E-state index in [2.05, 4.69) is 90.6 Å². The van der Waals surface area contributed by atoms with Gasteiger partial charge < -0.3 is 33.8 Å². The highest BCUT2D eigenvalue weighted by Crippen LogP contribution is 2.23. The second-order valence-electron chi connectivity index (χ2n) is 14.0. The van der Waals surface area contributed by atoms with Gasteiger partial charge in [-0.25, -0.2) is 0 Å². The van der Waals surface area contributed by atoms with E-state index in [9.17, 15) is 0 Å². The number of nitrogens with zero attached hydrogens (tertiary/aromatic N) is 2. The fourth-order valence-electron chi connectivity index (χ4n) is 6.10. The van der Waals surface area contributed by atoms with E-state index in [4.69, 9.17) is 0 Å². The summed E-state index contributed by atoms with van der Waals surface area (Å²) in [6.07, 6.45) is 22.3. The second-order valence-corrected chi connectivity index (χ2v) is 14.0. The van der Waals surface area contributed by atoms with Crippen molar-refractivity contribution in [3.63, 3.8) is 0 Å². The zero-order valence-corrected chi connectivity index (χ0v) is 29.9. The number of benzene rings is 2. The molecule has 4 heteroatoms. The third kappa shape index (κ3) is 18.6. The van der Waals surface area contributed by atoms with E-state index >= 15 is 0 Å². The minimum Gasteiger partial charge on any atom is -1.00 e. The predicted octanol–water partition coefficient (Wildman–Crippen LogP) is 4.80. The molecule has 0 spiro atoms. The Labute approximate surface area is 274 Å². The molecule has 0 saturated heterocycles. The minimum absolute atomic E-state index is 0. The van der Waals surface area contributed by atoms with Gasteiger partial charge in [0.25, 0.3) is 0 Å². The van der Waals surface area contributed by atoms with Crippen molar-refractivity contribution < 1.29 is 33.8 Å². The molecule has 42 heavy (non-hydrogen) atoms. The summed E-state index contributed by atoms with van der Waals surface area (Å²) >= 11 is 0. The van der Waals surface area contributed by atoms with Gasteiger partial charge in [-0.1, -0.05) is 139 Å². The molecule has 242 valence electrons. The first-order valence-electron chi connectivity index (χ1n) is 17.1. The van der Waals surface area contributed by atoms with Crippen molar-refractivity contribution in [1.29, 1.82) is 0 Å². The van der Waals surface area contributed by atoms with E-state index in [1.807, 2.05) is 0 Å². The van der Waals surface area contributed by atoms with Crippen molar-refractivity contribution in [2.45, 2.75) is 130 Å². The number of hydrogen-bond donors (Lipinski definition) is 0. The van der Waals surface area contributed by atoms with Crippen molar-refractivity contribution in [2.24, 2.45) is 0 Å². The molecular formula is C38H66Cl2N2. The maximum atomic E-state index is 2.39. The fourth-order valence-corrected chi connectivity index (χ4v) is 6.10. The number of quaternary nitrogens is 2. The van der Waals surface area contributed by atoms with Crippen LogP contribution in [0, 0.1) is 0 Å². The van der Waals surface area contributed by atoms with Gasteiger partial charge in [0.15, 0.2) is 0 Å². The van der Waals surface area contributed by atoms with Crippen molar-refractivity contribution in [1.82, 2.24) is 0 Å². The van der Waals surface area contributed by atoms with E-state index < -0.39 is 0 Å². The topological polar surface area (TPSA) is 0 Å². The molecule has 0 saturated carbocycles. The fraction of sp³-hybridized carbons (Fsp3) is 0.684. The van der Waals surface area contributed by atoms with Crippen LogP contribution < -0.4 is 24.8 Å². The van der Waals surface area contributed by atoms with Crippen LogP contribution in [0.25, 0.3) is 11.1 Å². The largest absolute Gasteiger partial charge is 1.00 e. The summed E-state index contributed by atoms with van der Waals surface area (Å²) < 4.78 is 2.16. The molecule has 0 heterocycles.